The first-order valence-corrected chi connectivity index (χ1v) is 8.13. The third-order valence-corrected chi connectivity index (χ3v) is 5.54. The molecule has 2 saturated heterocycles. The topological polar surface area (TPSA) is 21.3 Å². The fourth-order valence-electron chi connectivity index (χ4n) is 4.43. The Morgan fingerprint density at radius 1 is 1.11 bits per heavy atom. The fourth-order valence-corrected chi connectivity index (χ4v) is 4.43. The SMILES string of the molecule is CC1CCC(CC2CCOC3(CCCC3)C2)CN1. The fraction of sp³-hybridized carbons (Fsp3) is 1.00. The molecular weight excluding hydrogens is 222 g/mol. The molecule has 2 heterocycles. The summed E-state index contributed by atoms with van der Waals surface area (Å²) in [6.45, 7) is 4.60. The van der Waals surface area contributed by atoms with E-state index in [1.54, 1.807) is 0 Å². The van der Waals surface area contributed by atoms with Gasteiger partial charge in [0.25, 0.3) is 0 Å². The average Bonchev–Trinajstić information content (AvgIpc) is 2.80. The van der Waals surface area contributed by atoms with Crippen LogP contribution in [-0.2, 0) is 4.74 Å². The van der Waals surface area contributed by atoms with E-state index in [4.69, 9.17) is 4.74 Å². The van der Waals surface area contributed by atoms with Gasteiger partial charge >= 0.3 is 0 Å². The molecule has 3 fully saturated rings. The largest absolute Gasteiger partial charge is 0.375 e. The van der Waals surface area contributed by atoms with Crippen molar-refractivity contribution in [2.45, 2.75) is 76.4 Å². The zero-order chi connectivity index (χ0) is 12.4. The Bertz CT molecular complexity index is 264. The van der Waals surface area contributed by atoms with Gasteiger partial charge in [0.15, 0.2) is 0 Å². The Balaban J connectivity index is 1.50. The average molecular weight is 251 g/mol. The van der Waals surface area contributed by atoms with Crippen LogP contribution < -0.4 is 5.32 Å². The van der Waals surface area contributed by atoms with Crippen molar-refractivity contribution >= 4 is 0 Å². The second kappa shape index (κ2) is 5.50. The normalized spacial score (nSPS) is 40.2. The van der Waals surface area contributed by atoms with Crippen LogP contribution in [0.3, 0.4) is 0 Å². The number of hydrogen-bond donors (Lipinski definition) is 1. The van der Waals surface area contributed by atoms with Gasteiger partial charge in [-0.3, -0.25) is 0 Å². The van der Waals surface area contributed by atoms with E-state index in [2.05, 4.69) is 12.2 Å². The van der Waals surface area contributed by atoms with Crippen molar-refractivity contribution in [3.8, 4) is 0 Å². The molecule has 104 valence electrons. The molecule has 2 nitrogen and oxygen atoms in total. The molecule has 3 atom stereocenters. The van der Waals surface area contributed by atoms with E-state index in [1.807, 2.05) is 0 Å². The highest BCUT2D eigenvalue weighted by atomic mass is 16.5. The Hall–Kier alpha value is -0.0800. The van der Waals surface area contributed by atoms with Crippen molar-refractivity contribution in [1.29, 1.82) is 0 Å². The summed E-state index contributed by atoms with van der Waals surface area (Å²) in [4.78, 5) is 0. The third-order valence-electron chi connectivity index (χ3n) is 5.54. The molecule has 0 radical (unpaired) electrons. The molecule has 1 saturated carbocycles. The first-order chi connectivity index (χ1) is 8.76. The van der Waals surface area contributed by atoms with Crippen molar-refractivity contribution in [1.82, 2.24) is 5.32 Å². The summed E-state index contributed by atoms with van der Waals surface area (Å²) in [5.74, 6) is 1.87. The van der Waals surface area contributed by atoms with Crippen molar-refractivity contribution in [3.05, 3.63) is 0 Å². The Morgan fingerprint density at radius 3 is 2.67 bits per heavy atom. The Morgan fingerprint density at radius 2 is 1.94 bits per heavy atom. The van der Waals surface area contributed by atoms with Gasteiger partial charge in [-0.25, -0.2) is 0 Å². The van der Waals surface area contributed by atoms with E-state index in [0.717, 1.165) is 24.5 Å². The zero-order valence-electron chi connectivity index (χ0n) is 11.9. The lowest BCUT2D eigenvalue weighted by atomic mass is 9.78. The first kappa shape index (κ1) is 12.9. The minimum Gasteiger partial charge on any atom is -0.375 e. The van der Waals surface area contributed by atoms with E-state index in [-0.39, 0.29) is 0 Å². The van der Waals surface area contributed by atoms with Crippen LogP contribution >= 0.6 is 0 Å². The minimum absolute atomic E-state index is 0.318. The maximum atomic E-state index is 6.15. The van der Waals surface area contributed by atoms with Crippen LogP contribution in [0.5, 0.6) is 0 Å². The molecule has 1 aliphatic carbocycles. The minimum atomic E-state index is 0.318. The quantitative estimate of drug-likeness (QED) is 0.811. The molecule has 0 aromatic rings. The Kier molecular flexibility index (Phi) is 3.95. The predicted octanol–water partition coefficient (Wildman–Crippen LogP) is 3.50. The number of piperidine rings is 1. The zero-order valence-corrected chi connectivity index (χ0v) is 11.9. The summed E-state index contributed by atoms with van der Waals surface area (Å²) in [7, 11) is 0. The maximum absolute atomic E-state index is 6.15. The number of hydrogen-bond acceptors (Lipinski definition) is 2. The van der Waals surface area contributed by atoms with Crippen molar-refractivity contribution in [2.24, 2.45) is 11.8 Å². The molecule has 0 amide bonds. The van der Waals surface area contributed by atoms with E-state index < -0.39 is 0 Å². The van der Waals surface area contributed by atoms with Gasteiger partial charge in [0, 0.05) is 12.6 Å². The van der Waals surface area contributed by atoms with Gasteiger partial charge in [-0.05, 0) is 70.3 Å². The van der Waals surface area contributed by atoms with Crippen LogP contribution in [0.4, 0.5) is 0 Å². The van der Waals surface area contributed by atoms with Crippen LogP contribution in [0.15, 0.2) is 0 Å². The number of rotatable bonds is 2. The van der Waals surface area contributed by atoms with Gasteiger partial charge in [0.2, 0.25) is 0 Å². The standard InChI is InChI=1S/C16H29NO/c1-13-4-5-15(12-17-13)10-14-6-9-18-16(11-14)7-2-3-8-16/h13-15,17H,2-12H2,1H3. The molecule has 1 spiro atoms. The lowest BCUT2D eigenvalue weighted by molar-refractivity contribution is -0.0960. The summed E-state index contributed by atoms with van der Waals surface area (Å²) >= 11 is 0. The van der Waals surface area contributed by atoms with Gasteiger partial charge in [0.1, 0.15) is 0 Å². The molecule has 1 N–H and O–H groups in total. The molecule has 0 aromatic carbocycles. The second-order valence-electron chi connectivity index (χ2n) is 7.09. The molecule has 3 unspecified atom stereocenters. The maximum Gasteiger partial charge on any atom is 0.0685 e. The molecular formula is C16H29NO. The molecule has 3 rings (SSSR count). The van der Waals surface area contributed by atoms with Crippen LogP contribution in [0.1, 0.15) is 64.7 Å². The molecule has 2 heteroatoms. The van der Waals surface area contributed by atoms with E-state index in [1.165, 1.54) is 64.3 Å². The van der Waals surface area contributed by atoms with Gasteiger partial charge in [-0.15, -0.1) is 0 Å². The number of nitrogens with one attached hydrogen (secondary N) is 1. The van der Waals surface area contributed by atoms with Gasteiger partial charge in [-0.1, -0.05) is 12.8 Å². The highest BCUT2D eigenvalue weighted by Crippen LogP contribution is 2.43. The van der Waals surface area contributed by atoms with Crippen molar-refractivity contribution < 1.29 is 4.74 Å². The summed E-state index contributed by atoms with van der Waals surface area (Å²) < 4.78 is 6.15. The molecule has 3 aliphatic rings. The third kappa shape index (κ3) is 2.91. The van der Waals surface area contributed by atoms with Gasteiger partial charge < -0.3 is 10.1 Å². The summed E-state index contributed by atoms with van der Waals surface area (Å²) in [6, 6.07) is 0.747. The molecule has 0 bridgehead atoms. The van der Waals surface area contributed by atoms with E-state index in [9.17, 15) is 0 Å². The summed E-state index contributed by atoms with van der Waals surface area (Å²) in [5.41, 5.74) is 0.318. The van der Waals surface area contributed by atoms with Crippen LogP contribution in [0, 0.1) is 11.8 Å². The highest BCUT2D eigenvalue weighted by molar-refractivity contribution is 4.92. The van der Waals surface area contributed by atoms with E-state index >= 15 is 0 Å². The predicted molar refractivity (Wildman–Crippen MR) is 74.7 cm³/mol. The monoisotopic (exact) mass is 251 g/mol. The lowest BCUT2D eigenvalue weighted by Gasteiger charge is -2.40. The first-order valence-electron chi connectivity index (χ1n) is 8.13. The summed E-state index contributed by atoms with van der Waals surface area (Å²) in [6.07, 6.45) is 12.4. The van der Waals surface area contributed by atoms with Crippen LogP contribution in [0.2, 0.25) is 0 Å². The van der Waals surface area contributed by atoms with Gasteiger partial charge in [-0.2, -0.15) is 0 Å². The Labute approximate surface area is 112 Å². The van der Waals surface area contributed by atoms with Crippen molar-refractivity contribution in [2.75, 3.05) is 13.2 Å². The number of ether oxygens (including phenoxy) is 1. The second-order valence-corrected chi connectivity index (χ2v) is 7.09. The van der Waals surface area contributed by atoms with Gasteiger partial charge in [0.05, 0.1) is 5.60 Å². The molecule has 2 aliphatic heterocycles. The lowest BCUT2D eigenvalue weighted by Crippen LogP contribution is -2.41. The molecule has 18 heavy (non-hydrogen) atoms. The van der Waals surface area contributed by atoms with Crippen molar-refractivity contribution in [3.63, 3.8) is 0 Å². The smallest absolute Gasteiger partial charge is 0.0685 e. The van der Waals surface area contributed by atoms with Crippen LogP contribution in [0.25, 0.3) is 0 Å². The highest BCUT2D eigenvalue weighted by Gasteiger charge is 2.40. The van der Waals surface area contributed by atoms with Crippen LogP contribution in [-0.4, -0.2) is 24.8 Å². The molecule has 0 aromatic heterocycles. The van der Waals surface area contributed by atoms with E-state index in [0.29, 0.717) is 5.60 Å². The summed E-state index contributed by atoms with van der Waals surface area (Å²) in [5, 5.41) is 3.65.